The number of nitrogens with zero attached hydrogens (tertiary/aromatic N) is 2. The lowest BCUT2D eigenvalue weighted by atomic mass is 10.1. The summed E-state index contributed by atoms with van der Waals surface area (Å²) in [6, 6.07) is 6.04. The van der Waals surface area contributed by atoms with Crippen LogP contribution < -0.4 is 4.74 Å². The van der Waals surface area contributed by atoms with Crippen molar-refractivity contribution in [3.8, 4) is 5.75 Å². The van der Waals surface area contributed by atoms with Crippen LogP contribution in [0.1, 0.15) is 28.5 Å². The second kappa shape index (κ2) is 8.33. The lowest BCUT2D eigenvalue weighted by Gasteiger charge is -2.20. The molecule has 0 amide bonds. The van der Waals surface area contributed by atoms with Crippen molar-refractivity contribution in [2.24, 2.45) is 0 Å². The summed E-state index contributed by atoms with van der Waals surface area (Å²) in [4.78, 5) is 7.57. The molecule has 0 fully saturated rings. The maximum Gasteiger partial charge on any atom is 0.387 e. The molecule has 23 heavy (non-hydrogen) atoms. The number of aryl methyl sites for hydroxylation is 1. The smallest absolute Gasteiger partial charge is 0.387 e. The second-order valence-electron chi connectivity index (χ2n) is 5.23. The van der Waals surface area contributed by atoms with Crippen LogP contribution in [0.4, 0.5) is 8.78 Å². The Kier molecular flexibility index (Phi) is 6.44. The van der Waals surface area contributed by atoms with Gasteiger partial charge in [-0.2, -0.15) is 8.78 Å². The van der Waals surface area contributed by atoms with Gasteiger partial charge in [0.2, 0.25) is 0 Å². The molecule has 2 aromatic rings. The van der Waals surface area contributed by atoms with Crippen LogP contribution in [0.3, 0.4) is 0 Å². The first-order chi connectivity index (χ1) is 11.0. The van der Waals surface area contributed by atoms with E-state index in [9.17, 15) is 13.9 Å². The molecule has 0 spiro atoms. The van der Waals surface area contributed by atoms with Crippen LogP contribution in [-0.4, -0.2) is 35.2 Å². The van der Waals surface area contributed by atoms with Crippen LogP contribution in [0, 0.1) is 0 Å². The maximum absolute atomic E-state index is 12.1. The van der Waals surface area contributed by atoms with Crippen LogP contribution in [0.2, 0.25) is 0 Å². The summed E-state index contributed by atoms with van der Waals surface area (Å²) in [6.07, 6.45) is 2.15. The maximum atomic E-state index is 12.1. The van der Waals surface area contributed by atoms with Gasteiger partial charge < -0.3 is 9.84 Å². The van der Waals surface area contributed by atoms with Crippen LogP contribution in [0.5, 0.6) is 5.75 Å². The Morgan fingerprint density at radius 3 is 2.57 bits per heavy atom. The zero-order valence-electron chi connectivity index (χ0n) is 13.1. The highest BCUT2D eigenvalue weighted by atomic mass is 32.1. The van der Waals surface area contributed by atoms with Gasteiger partial charge in [-0.1, -0.05) is 19.1 Å². The molecule has 126 valence electrons. The number of halogens is 2. The summed E-state index contributed by atoms with van der Waals surface area (Å²) >= 11 is 1.67. The SMILES string of the molecule is CCc1cnc(CN(C)CC(O)c2ccc(OC(F)F)cc2)s1. The lowest BCUT2D eigenvalue weighted by Crippen LogP contribution is -2.24. The number of rotatable bonds is 8. The van der Waals surface area contributed by atoms with E-state index >= 15 is 0 Å². The molecule has 0 aliphatic heterocycles. The minimum absolute atomic E-state index is 0.0826. The lowest BCUT2D eigenvalue weighted by molar-refractivity contribution is -0.0498. The molecule has 1 N–H and O–H groups in total. The van der Waals surface area contributed by atoms with Crippen LogP contribution >= 0.6 is 11.3 Å². The highest BCUT2D eigenvalue weighted by Gasteiger charge is 2.13. The summed E-state index contributed by atoms with van der Waals surface area (Å²) in [7, 11) is 1.91. The molecular weight excluding hydrogens is 322 g/mol. The minimum Gasteiger partial charge on any atom is -0.435 e. The fourth-order valence-corrected chi connectivity index (χ4v) is 3.09. The van der Waals surface area contributed by atoms with Crippen molar-refractivity contribution < 1.29 is 18.6 Å². The summed E-state index contributed by atoms with van der Waals surface area (Å²) in [5.74, 6) is 0.0826. The van der Waals surface area contributed by atoms with E-state index in [0.29, 0.717) is 18.7 Å². The highest BCUT2D eigenvalue weighted by Crippen LogP contribution is 2.21. The molecule has 1 aromatic carbocycles. The minimum atomic E-state index is -2.84. The molecule has 0 aliphatic carbocycles. The Hall–Kier alpha value is -1.57. The summed E-state index contributed by atoms with van der Waals surface area (Å²) in [6.45, 7) is 0.333. The molecule has 0 saturated heterocycles. The van der Waals surface area contributed by atoms with E-state index in [2.05, 4.69) is 16.6 Å². The topological polar surface area (TPSA) is 45.6 Å². The van der Waals surface area contributed by atoms with E-state index in [4.69, 9.17) is 0 Å². The third-order valence-corrected chi connectivity index (χ3v) is 4.46. The van der Waals surface area contributed by atoms with E-state index in [-0.39, 0.29) is 5.75 Å². The second-order valence-corrected chi connectivity index (χ2v) is 6.43. The monoisotopic (exact) mass is 342 g/mol. The molecule has 0 radical (unpaired) electrons. The van der Waals surface area contributed by atoms with Crippen molar-refractivity contribution in [3.63, 3.8) is 0 Å². The molecule has 2 rings (SSSR count). The van der Waals surface area contributed by atoms with Crippen LogP contribution in [0.25, 0.3) is 0 Å². The van der Waals surface area contributed by atoms with Gasteiger partial charge in [0.1, 0.15) is 10.8 Å². The fourth-order valence-electron chi connectivity index (χ4n) is 2.15. The summed E-state index contributed by atoms with van der Waals surface area (Å²) in [5, 5.41) is 11.3. The molecule has 1 aromatic heterocycles. The molecule has 0 aliphatic rings. The molecule has 1 atom stereocenters. The van der Waals surface area contributed by atoms with Gasteiger partial charge in [-0.25, -0.2) is 4.98 Å². The van der Waals surface area contributed by atoms with Crippen molar-refractivity contribution in [3.05, 3.63) is 45.9 Å². The number of hydrogen-bond acceptors (Lipinski definition) is 5. The average molecular weight is 342 g/mol. The number of likely N-dealkylation sites (N-methyl/N-ethyl adjacent to an activating group) is 1. The molecule has 1 heterocycles. The van der Waals surface area contributed by atoms with Crippen LogP contribution in [-0.2, 0) is 13.0 Å². The van der Waals surface area contributed by atoms with E-state index in [1.165, 1.54) is 17.0 Å². The zero-order chi connectivity index (χ0) is 16.8. The zero-order valence-corrected chi connectivity index (χ0v) is 13.9. The number of alkyl halides is 2. The number of thiazole rings is 1. The predicted octanol–water partition coefficient (Wildman–Crippen LogP) is 3.47. The predicted molar refractivity (Wildman–Crippen MR) is 85.9 cm³/mol. The fraction of sp³-hybridized carbons (Fsp3) is 0.438. The molecule has 1 unspecified atom stereocenters. The van der Waals surface area contributed by atoms with Crippen LogP contribution in [0.15, 0.2) is 30.5 Å². The third-order valence-electron chi connectivity index (χ3n) is 3.33. The number of aliphatic hydroxyl groups excluding tert-OH is 1. The van der Waals surface area contributed by atoms with E-state index in [1.54, 1.807) is 23.5 Å². The largest absolute Gasteiger partial charge is 0.435 e. The summed E-state index contributed by atoms with van der Waals surface area (Å²) in [5.41, 5.74) is 0.659. The third kappa shape index (κ3) is 5.53. The van der Waals surface area contributed by atoms with Crippen molar-refractivity contribution in [2.45, 2.75) is 32.6 Å². The quantitative estimate of drug-likeness (QED) is 0.798. The van der Waals surface area contributed by atoms with Crippen molar-refractivity contribution in [1.29, 1.82) is 0 Å². The Balaban J connectivity index is 1.88. The average Bonchev–Trinajstić information content (AvgIpc) is 2.94. The Labute approximate surface area is 138 Å². The van der Waals surface area contributed by atoms with Crippen molar-refractivity contribution in [2.75, 3.05) is 13.6 Å². The van der Waals surface area contributed by atoms with E-state index < -0.39 is 12.7 Å². The highest BCUT2D eigenvalue weighted by molar-refractivity contribution is 7.11. The number of aromatic nitrogens is 1. The van der Waals surface area contributed by atoms with Gasteiger partial charge in [-0.15, -0.1) is 11.3 Å². The first-order valence-corrected chi connectivity index (χ1v) is 8.14. The first-order valence-electron chi connectivity index (χ1n) is 7.33. The van der Waals surface area contributed by atoms with Crippen molar-refractivity contribution >= 4 is 11.3 Å². The molecular formula is C16H20F2N2O2S. The number of hydrogen-bond donors (Lipinski definition) is 1. The molecule has 4 nitrogen and oxygen atoms in total. The van der Waals surface area contributed by atoms with Gasteiger partial charge in [0, 0.05) is 17.6 Å². The normalized spacial score (nSPS) is 12.8. The standard InChI is InChI=1S/C16H20F2N2O2S/c1-3-13-8-19-15(23-13)10-20(2)9-14(21)11-4-6-12(7-5-11)22-16(17)18/h4-8,14,16,21H,3,9-10H2,1-2H3. The van der Waals surface area contributed by atoms with Gasteiger partial charge in [0.05, 0.1) is 12.6 Å². The summed E-state index contributed by atoms with van der Waals surface area (Å²) < 4.78 is 28.5. The van der Waals surface area contributed by atoms with Gasteiger partial charge in [0.15, 0.2) is 0 Å². The van der Waals surface area contributed by atoms with Gasteiger partial charge in [0.25, 0.3) is 0 Å². The Bertz CT molecular complexity index is 604. The first kappa shape index (κ1) is 17.8. The van der Waals surface area contributed by atoms with E-state index in [1.807, 2.05) is 18.1 Å². The Morgan fingerprint density at radius 1 is 1.30 bits per heavy atom. The molecule has 0 saturated carbocycles. The molecule has 7 heteroatoms. The van der Waals surface area contributed by atoms with E-state index in [0.717, 1.165) is 11.4 Å². The Morgan fingerprint density at radius 2 is 2.00 bits per heavy atom. The van der Waals surface area contributed by atoms with Gasteiger partial charge in [-0.05, 0) is 31.2 Å². The number of benzene rings is 1. The number of ether oxygens (including phenoxy) is 1. The van der Waals surface area contributed by atoms with Gasteiger partial charge in [-0.3, -0.25) is 4.90 Å². The molecule has 0 bridgehead atoms. The number of aliphatic hydroxyl groups is 1. The van der Waals surface area contributed by atoms with Crippen molar-refractivity contribution in [1.82, 2.24) is 9.88 Å². The van der Waals surface area contributed by atoms with Gasteiger partial charge >= 0.3 is 6.61 Å².